The third kappa shape index (κ3) is 5.13. The first kappa shape index (κ1) is 18.6. The van der Waals surface area contributed by atoms with Gasteiger partial charge in [0.05, 0.1) is 17.4 Å². The maximum Gasteiger partial charge on any atom is 0.350 e. The van der Waals surface area contributed by atoms with Gasteiger partial charge in [0.25, 0.3) is 5.69 Å². The van der Waals surface area contributed by atoms with Crippen LogP contribution in [0.5, 0.6) is 5.75 Å². The minimum Gasteiger partial charge on any atom is -0.489 e. The van der Waals surface area contributed by atoms with Crippen LogP contribution < -0.4 is 4.74 Å². The Morgan fingerprint density at radius 1 is 1.12 bits per heavy atom. The number of ether oxygens (including phenoxy) is 1. The lowest BCUT2D eigenvalue weighted by Crippen LogP contribution is -2.17. The molecule has 0 fully saturated rings. The van der Waals surface area contributed by atoms with Gasteiger partial charge in [-0.2, -0.15) is 0 Å². The predicted octanol–water partition coefficient (Wildman–Crippen LogP) is 2.81. The molecule has 0 atom stereocenters. The molecule has 26 heavy (non-hydrogen) atoms. The molecule has 2 aromatic carbocycles. The maximum absolute atomic E-state index is 11.2. The summed E-state index contributed by atoms with van der Waals surface area (Å²) in [7, 11) is 0. The molecule has 0 saturated heterocycles. The van der Waals surface area contributed by atoms with Crippen LogP contribution >= 0.6 is 0 Å². The Bertz CT molecular complexity index is 863. The fourth-order valence-electron chi connectivity index (χ4n) is 2.03. The minimum absolute atomic E-state index is 0.194. The molecule has 0 bridgehead atoms. The number of benzene rings is 2. The quantitative estimate of drug-likeness (QED) is 0.420. The Morgan fingerprint density at radius 3 is 2.38 bits per heavy atom. The van der Waals surface area contributed by atoms with E-state index < -0.39 is 34.7 Å². The molecule has 0 saturated carbocycles. The standard InChI is InChI=1S/C17H14N2O7/c20-16(21)9-14(17(22)23)18-13-7-6-12(8-15(13)19(24)25)26-10-11-4-2-1-3-5-11/h1-8H,9-10H2,(H,20,21)(H,22,23). The highest BCUT2D eigenvalue weighted by Crippen LogP contribution is 2.32. The van der Waals surface area contributed by atoms with Crippen molar-refractivity contribution in [1.82, 2.24) is 0 Å². The lowest BCUT2D eigenvalue weighted by atomic mass is 10.2. The molecule has 0 heterocycles. The number of rotatable bonds is 8. The van der Waals surface area contributed by atoms with E-state index in [4.69, 9.17) is 14.9 Å². The van der Waals surface area contributed by atoms with Crippen LogP contribution in [0, 0.1) is 10.1 Å². The normalized spacial score (nSPS) is 11.0. The van der Waals surface area contributed by atoms with Crippen molar-refractivity contribution in [1.29, 1.82) is 0 Å². The topological polar surface area (TPSA) is 139 Å². The van der Waals surface area contributed by atoms with Crippen LogP contribution in [0.25, 0.3) is 0 Å². The number of carboxylic acids is 2. The van der Waals surface area contributed by atoms with Gasteiger partial charge in [-0.1, -0.05) is 30.3 Å². The summed E-state index contributed by atoms with van der Waals surface area (Å²) in [4.78, 5) is 35.9. The number of hydrogen-bond acceptors (Lipinski definition) is 6. The molecule has 0 spiro atoms. The average Bonchev–Trinajstić information content (AvgIpc) is 2.60. The second-order valence-corrected chi connectivity index (χ2v) is 5.12. The van der Waals surface area contributed by atoms with E-state index in [1.165, 1.54) is 12.1 Å². The number of carbonyl (C=O) groups is 2. The number of carboxylic acid groups (broad SMARTS) is 2. The zero-order valence-corrected chi connectivity index (χ0v) is 13.4. The van der Waals surface area contributed by atoms with E-state index in [0.29, 0.717) is 0 Å². The molecule has 0 amide bonds. The summed E-state index contributed by atoms with van der Waals surface area (Å²) in [6.07, 6.45) is -0.862. The van der Waals surface area contributed by atoms with E-state index >= 15 is 0 Å². The summed E-state index contributed by atoms with van der Waals surface area (Å²) >= 11 is 0. The van der Waals surface area contributed by atoms with Crippen molar-refractivity contribution >= 4 is 29.0 Å². The predicted molar refractivity (Wildman–Crippen MR) is 90.9 cm³/mol. The lowest BCUT2D eigenvalue weighted by Gasteiger charge is -2.07. The monoisotopic (exact) mass is 358 g/mol. The number of nitro benzene ring substituents is 1. The summed E-state index contributed by atoms with van der Waals surface area (Å²) in [5.41, 5.74) is -0.592. The average molecular weight is 358 g/mol. The van der Waals surface area contributed by atoms with E-state index in [1.807, 2.05) is 30.3 Å². The number of nitro groups is 1. The molecule has 2 N–H and O–H groups in total. The van der Waals surface area contributed by atoms with Crippen LogP contribution in [0.1, 0.15) is 12.0 Å². The smallest absolute Gasteiger partial charge is 0.350 e. The van der Waals surface area contributed by atoms with Gasteiger partial charge >= 0.3 is 11.9 Å². The first-order chi connectivity index (χ1) is 12.4. The third-order valence-electron chi connectivity index (χ3n) is 3.21. The molecule has 0 radical (unpaired) electrons. The lowest BCUT2D eigenvalue weighted by molar-refractivity contribution is -0.384. The van der Waals surface area contributed by atoms with Gasteiger partial charge in [-0.15, -0.1) is 0 Å². The highest BCUT2D eigenvalue weighted by atomic mass is 16.6. The maximum atomic E-state index is 11.2. The molecule has 134 valence electrons. The largest absolute Gasteiger partial charge is 0.489 e. The van der Waals surface area contributed by atoms with Crippen LogP contribution in [-0.2, 0) is 16.2 Å². The van der Waals surface area contributed by atoms with Gasteiger partial charge in [0.15, 0.2) is 0 Å². The van der Waals surface area contributed by atoms with Gasteiger partial charge in [0.2, 0.25) is 0 Å². The molecular formula is C17H14N2O7. The van der Waals surface area contributed by atoms with E-state index in [2.05, 4.69) is 4.99 Å². The summed E-state index contributed by atoms with van der Waals surface area (Å²) < 4.78 is 5.49. The third-order valence-corrected chi connectivity index (χ3v) is 3.21. The first-order valence-corrected chi connectivity index (χ1v) is 7.34. The Balaban J connectivity index is 2.29. The fraction of sp³-hybridized carbons (Fsp3) is 0.118. The minimum atomic E-state index is -1.56. The van der Waals surface area contributed by atoms with Crippen LogP contribution in [0.15, 0.2) is 53.5 Å². The Kier molecular flexibility index (Phi) is 5.99. The molecule has 2 aromatic rings. The van der Waals surface area contributed by atoms with Gasteiger partial charge < -0.3 is 14.9 Å². The van der Waals surface area contributed by atoms with Crippen molar-refractivity contribution in [2.24, 2.45) is 4.99 Å². The van der Waals surface area contributed by atoms with Gasteiger partial charge in [-0.3, -0.25) is 14.9 Å². The van der Waals surface area contributed by atoms with E-state index in [0.717, 1.165) is 11.6 Å². The number of aliphatic imine (C=N–C) groups is 1. The van der Waals surface area contributed by atoms with Crippen LogP contribution in [0.2, 0.25) is 0 Å². The summed E-state index contributed by atoms with van der Waals surface area (Å²) in [5.74, 6) is -2.77. The van der Waals surface area contributed by atoms with Crippen LogP contribution in [-0.4, -0.2) is 32.8 Å². The highest BCUT2D eigenvalue weighted by Gasteiger charge is 2.19. The molecule has 9 heteroatoms. The second kappa shape index (κ2) is 8.38. The fourth-order valence-corrected chi connectivity index (χ4v) is 2.03. The molecule has 0 aromatic heterocycles. The number of aliphatic carboxylic acids is 2. The zero-order chi connectivity index (χ0) is 19.1. The second-order valence-electron chi connectivity index (χ2n) is 5.12. The van der Waals surface area contributed by atoms with Gasteiger partial charge in [-0.25, -0.2) is 9.79 Å². The molecule has 0 unspecified atom stereocenters. The molecule has 2 rings (SSSR count). The molecule has 0 aliphatic rings. The summed E-state index contributed by atoms with van der Waals surface area (Å²) in [6.45, 7) is 0.194. The zero-order valence-electron chi connectivity index (χ0n) is 13.4. The van der Waals surface area contributed by atoms with Crippen molar-refractivity contribution in [3.05, 3.63) is 64.2 Å². The molecule has 0 aliphatic carbocycles. The van der Waals surface area contributed by atoms with Crippen molar-refractivity contribution in [3.63, 3.8) is 0 Å². The van der Waals surface area contributed by atoms with Gasteiger partial charge in [-0.05, 0) is 17.7 Å². The van der Waals surface area contributed by atoms with E-state index in [9.17, 15) is 19.7 Å². The van der Waals surface area contributed by atoms with Crippen LogP contribution in [0.3, 0.4) is 0 Å². The highest BCUT2D eigenvalue weighted by molar-refractivity contribution is 6.39. The molecular weight excluding hydrogens is 344 g/mol. The molecule has 9 nitrogen and oxygen atoms in total. The summed E-state index contributed by atoms with van der Waals surface area (Å²) in [5, 5.41) is 28.9. The van der Waals surface area contributed by atoms with Crippen molar-refractivity contribution in [3.8, 4) is 5.75 Å². The number of hydrogen-bond donors (Lipinski definition) is 2. The van der Waals surface area contributed by atoms with Crippen molar-refractivity contribution in [2.45, 2.75) is 13.0 Å². The van der Waals surface area contributed by atoms with E-state index in [-0.39, 0.29) is 18.0 Å². The van der Waals surface area contributed by atoms with Crippen molar-refractivity contribution in [2.75, 3.05) is 0 Å². The van der Waals surface area contributed by atoms with Crippen LogP contribution in [0.4, 0.5) is 11.4 Å². The Morgan fingerprint density at radius 2 is 1.81 bits per heavy atom. The van der Waals surface area contributed by atoms with Crippen molar-refractivity contribution < 1.29 is 29.5 Å². The molecule has 0 aliphatic heterocycles. The summed E-state index contributed by atoms with van der Waals surface area (Å²) in [6, 6.07) is 12.9. The van der Waals surface area contributed by atoms with E-state index in [1.54, 1.807) is 0 Å². The van der Waals surface area contributed by atoms with Gasteiger partial charge in [0.1, 0.15) is 23.8 Å². The van der Waals surface area contributed by atoms with Gasteiger partial charge in [0, 0.05) is 0 Å². The Labute approximate surface area is 147 Å². The SMILES string of the molecule is O=C(O)CC(=Nc1ccc(OCc2ccccc2)cc1[N+](=O)[O-])C(=O)O. The Hall–Kier alpha value is -3.75. The number of nitrogens with zero attached hydrogens (tertiary/aromatic N) is 2. The first-order valence-electron chi connectivity index (χ1n) is 7.34.